The Morgan fingerprint density at radius 2 is 2.09 bits per heavy atom. The van der Waals surface area contributed by atoms with E-state index >= 15 is 0 Å². The van der Waals surface area contributed by atoms with Gasteiger partial charge in [-0.25, -0.2) is 4.79 Å². The molecule has 2 aromatic rings. The van der Waals surface area contributed by atoms with Gasteiger partial charge in [0.25, 0.3) is 5.91 Å². The number of ether oxygens (including phenoxy) is 1. The van der Waals surface area contributed by atoms with Crippen molar-refractivity contribution < 1.29 is 14.3 Å². The Labute approximate surface area is 132 Å². The van der Waals surface area contributed by atoms with Crippen molar-refractivity contribution in [2.24, 2.45) is 0 Å². The first-order valence-electron chi connectivity index (χ1n) is 7.72. The van der Waals surface area contributed by atoms with Gasteiger partial charge in [0.2, 0.25) is 0 Å². The van der Waals surface area contributed by atoms with Gasteiger partial charge >= 0.3 is 6.09 Å². The van der Waals surface area contributed by atoms with Gasteiger partial charge in [0.05, 0.1) is 6.54 Å². The fraction of sp³-hybridized carbons (Fsp3) is 0.467. The van der Waals surface area contributed by atoms with Crippen LogP contribution in [-0.4, -0.2) is 57.5 Å². The average Bonchev–Trinajstić information content (AvgIpc) is 3.10. The van der Waals surface area contributed by atoms with Crippen LogP contribution < -0.4 is 5.32 Å². The van der Waals surface area contributed by atoms with Crippen molar-refractivity contribution in [2.45, 2.75) is 24.9 Å². The number of nitrogens with zero attached hydrogens (tertiary/aromatic N) is 3. The summed E-state index contributed by atoms with van der Waals surface area (Å²) in [5.74, 6) is -0.0239. The Morgan fingerprint density at radius 1 is 1.22 bits per heavy atom. The molecule has 2 aliphatic heterocycles. The van der Waals surface area contributed by atoms with Crippen molar-refractivity contribution in [3.63, 3.8) is 0 Å². The third-order valence-electron chi connectivity index (χ3n) is 4.61. The molecule has 1 spiro atoms. The lowest BCUT2D eigenvalue weighted by Gasteiger charge is -2.25. The third kappa shape index (κ3) is 2.49. The zero-order valence-electron chi connectivity index (χ0n) is 12.5. The molecule has 4 rings (SSSR count). The minimum atomic E-state index is -0.456. The van der Waals surface area contributed by atoms with Gasteiger partial charge in [-0.05, 0) is 31.0 Å². The molecule has 2 N–H and O–H groups in total. The number of amides is 2. The van der Waals surface area contributed by atoms with E-state index in [0.29, 0.717) is 37.1 Å². The average molecular weight is 315 g/mol. The quantitative estimate of drug-likeness (QED) is 0.819. The fourth-order valence-electron chi connectivity index (χ4n) is 3.31. The van der Waals surface area contributed by atoms with Crippen molar-refractivity contribution in [3.05, 3.63) is 23.8 Å². The summed E-state index contributed by atoms with van der Waals surface area (Å²) in [4.78, 5) is 25.9. The first kappa shape index (κ1) is 14.0. The van der Waals surface area contributed by atoms with Crippen molar-refractivity contribution >= 4 is 23.0 Å². The molecule has 0 unspecified atom stereocenters. The topological polar surface area (TPSA) is 100 Å². The molecule has 2 aliphatic rings. The monoisotopic (exact) mass is 315 g/mol. The summed E-state index contributed by atoms with van der Waals surface area (Å²) in [5, 5.41) is 13.3. The van der Waals surface area contributed by atoms with Crippen LogP contribution >= 0.6 is 0 Å². The molecule has 0 aliphatic carbocycles. The summed E-state index contributed by atoms with van der Waals surface area (Å²) >= 11 is 0. The Kier molecular flexibility index (Phi) is 3.17. The minimum absolute atomic E-state index is 0.0239. The summed E-state index contributed by atoms with van der Waals surface area (Å²) in [6.07, 6.45) is 1.88. The standard InChI is InChI=1S/C15H17N5O3/c21-13(10-2-3-11-12(8-10)18-19-17-11)20-6-1-4-15(5-7-20)9-16-14(22)23-15/h2-3,8H,1,4-7,9H2,(H,16,22)(H,17,18,19)/t15-/m0/s1. The fourth-order valence-corrected chi connectivity index (χ4v) is 3.31. The molecule has 2 saturated heterocycles. The van der Waals surface area contributed by atoms with E-state index in [9.17, 15) is 9.59 Å². The first-order chi connectivity index (χ1) is 11.2. The molecule has 120 valence electrons. The number of hydrogen-bond donors (Lipinski definition) is 2. The van der Waals surface area contributed by atoms with Crippen molar-refractivity contribution in [2.75, 3.05) is 19.6 Å². The van der Waals surface area contributed by atoms with Crippen molar-refractivity contribution in [3.8, 4) is 0 Å². The van der Waals surface area contributed by atoms with Gasteiger partial charge in [-0.3, -0.25) is 4.79 Å². The molecule has 23 heavy (non-hydrogen) atoms. The number of likely N-dealkylation sites (tertiary alicyclic amines) is 1. The van der Waals surface area contributed by atoms with Gasteiger partial charge in [-0.15, -0.1) is 0 Å². The Morgan fingerprint density at radius 3 is 2.91 bits per heavy atom. The highest BCUT2D eigenvalue weighted by atomic mass is 16.6. The predicted octanol–water partition coefficient (Wildman–Crippen LogP) is 1.06. The summed E-state index contributed by atoms with van der Waals surface area (Å²) in [6.45, 7) is 1.76. The molecule has 2 fully saturated rings. The lowest BCUT2D eigenvalue weighted by Crippen LogP contribution is -2.36. The molecule has 1 atom stereocenters. The molecule has 3 heterocycles. The van der Waals surface area contributed by atoms with E-state index in [1.54, 1.807) is 18.2 Å². The van der Waals surface area contributed by atoms with Crippen LogP contribution in [0.5, 0.6) is 0 Å². The van der Waals surface area contributed by atoms with Crippen LogP contribution in [0, 0.1) is 0 Å². The van der Waals surface area contributed by atoms with Gasteiger partial charge in [0.15, 0.2) is 0 Å². The molecule has 8 nitrogen and oxygen atoms in total. The molecule has 1 aromatic heterocycles. The van der Waals surface area contributed by atoms with Gasteiger partial charge in [-0.1, -0.05) is 0 Å². The van der Waals surface area contributed by atoms with E-state index in [-0.39, 0.29) is 12.0 Å². The summed E-state index contributed by atoms with van der Waals surface area (Å²) in [5.41, 5.74) is 1.56. The number of rotatable bonds is 1. The molecular formula is C15H17N5O3. The predicted molar refractivity (Wildman–Crippen MR) is 80.9 cm³/mol. The van der Waals surface area contributed by atoms with E-state index in [4.69, 9.17) is 4.74 Å². The maximum absolute atomic E-state index is 12.7. The highest BCUT2D eigenvalue weighted by Gasteiger charge is 2.41. The normalized spacial score (nSPS) is 24.5. The highest BCUT2D eigenvalue weighted by Crippen LogP contribution is 2.29. The summed E-state index contributed by atoms with van der Waals surface area (Å²) in [6, 6.07) is 5.30. The number of H-pyrrole nitrogens is 1. The van der Waals surface area contributed by atoms with Crippen LogP contribution in [0.1, 0.15) is 29.6 Å². The second-order valence-corrected chi connectivity index (χ2v) is 6.10. The van der Waals surface area contributed by atoms with Crippen molar-refractivity contribution in [1.82, 2.24) is 25.6 Å². The second kappa shape index (κ2) is 5.22. The summed E-state index contributed by atoms with van der Waals surface area (Å²) < 4.78 is 5.44. The van der Waals surface area contributed by atoms with E-state index in [1.807, 2.05) is 4.90 Å². The van der Waals surface area contributed by atoms with Gasteiger partial charge in [0, 0.05) is 25.1 Å². The van der Waals surface area contributed by atoms with E-state index < -0.39 is 5.60 Å². The number of fused-ring (bicyclic) bond motifs is 1. The number of nitrogens with one attached hydrogen (secondary N) is 2. The number of alkyl carbamates (subject to hydrolysis) is 1. The second-order valence-electron chi connectivity index (χ2n) is 6.10. The Bertz CT molecular complexity index is 773. The van der Waals surface area contributed by atoms with E-state index in [2.05, 4.69) is 20.7 Å². The molecule has 0 bridgehead atoms. The number of hydrogen-bond acceptors (Lipinski definition) is 5. The van der Waals surface area contributed by atoms with Crippen molar-refractivity contribution in [1.29, 1.82) is 0 Å². The Balaban J connectivity index is 1.51. The van der Waals surface area contributed by atoms with Gasteiger partial charge in [-0.2, -0.15) is 15.4 Å². The number of carbonyl (C=O) groups is 2. The Hall–Kier alpha value is -2.64. The molecule has 2 amide bonds. The minimum Gasteiger partial charge on any atom is -0.441 e. The number of aromatic nitrogens is 3. The maximum atomic E-state index is 12.7. The smallest absolute Gasteiger partial charge is 0.407 e. The molecule has 8 heteroatoms. The van der Waals surface area contributed by atoms with Crippen LogP contribution in [0.4, 0.5) is 4.79 Å². The SMILES string of the molecule is O=C1NC[C@@]2(CCCN(C(=O)c3ccc4n[nH]nc4c3)CC2)O1. The van der Waals surface area contributed by atoms with Gasteiger partial charge < -0.3 is 15.0 Å². The molecular weight excluding hydrogens is 298 g/mol. The molecule has 0 radical (unpaired) electrons. The lowest BCUT2D eigenvalue weighted by molar-refractivity contribution is 0.0439. The number of aromatic amines is 1. The summed E-state index contributed by atoms with van der Waals surface area (Å²) in [7, 11) is 0. The number of carbonyl (C=O) groups excluding carboxylic acids is 2. The number of benzene rings is 1. The van der Waals surface area contributed by atoms with Crippen LogP contribution in [0.3, 0.4) is 0 Å². The van der Waals surface area contributed by atoms with Crippen LogP contribution in [-0.2, 0) is 4.74 Å². The lowest BCUT2D eigenvalue weighted by atomic mass is 9.95. The van der Waals surface area contributed by atoms with Crippen LogP contribution in [0.15, 0.2) is 18.2 Å². The third-order valence-corrected chi connectivity index (χ3v) is 4.61. The largest absolute Gasteiger partial charge is 0.441 e. The molecule has 0 saturated carbocycles. The van der Waals surface area contributed by atoms with E-state index in [1.165, 1.54) is 0 Å². The zero-order chi connectivity index (χ0) is 15.9. The maximum Gasteiger partial charge on any atom is 0.407 e. The van der Waals surface area contributed by atoms with Crippen LogP contribution in [0.2, 0.25) is 0 Å². The van der Waals surface area contributed by atoms with Crippen LogP contribution in [0.25, 0.3) is 11.0 Å². The highest BCUT2D eigenvalue weighted by molar-refractivity contribution is 5.97. The van der Waals surface area contributed by atoms with E-state index in [0.717, 1.165) is 18.4 Å². The zero-order valence-corrected chi connectivity index (χ0v) is 12.5. The van der Waals surface area contributed by atoms with Gasteiger partial charge in [0.1, 0.15) is 16.6 Å². The molecule has 1 aromatic carbocycles. The first-order valence-corrected chi connectivity index (χ1v) is 7.72.